The van der Waals surface area contributed by atoms with Crippen molar-refractivity contribution in [2.75, 3.05) is 20.8 Å². The molecule has 0 aliphatic rings. The summed E-state index contributed by atoms with van der Waals surface area (Å²) in [5.41, 5.74) is 7.42. The molecule has 0 amide bonds. The summed E-state index contributed by atoms with van der Waals surface area (Å²) in [5.74, 6) is 0. The van der Waals surface area contributed by atoms with Crippen LogP contribution in [-0.4, -0.2) is 36.7 Å². The Bertz CT molecular complexity index is 425. The molecule has 1 atom stereocenters. The molecule has 0 saturated carbocycles. The van der Waals surface area contributed by atoms with Crippen molar-refractivity contribution in [3.05, 3.63) is 34.3 Å². The van der Waals surface area contributed by atoms with E-state index < -0.39 is 0 Å². The first-order valence-electron chi connectivity index (χ1n) is 5.73. The van der Waals surface area contributed by atoms with Crippen LogP contribution in [0.5, 0.6) is 0 Å². The Morgan fingerprint density at radius 3 is 2.72 bits per heavy atom. The molecule has 0 fully saturated rings. The summed E-state index contributed by atoms with van der Waals surface area (Å²) in [7, 11) is 3.75. The van der Waals surface area contributed by atoms with E-state index in [9.17, 15) is 0 Å². The summed E-state index contributed by atoms with van der Waals surface area (Å²) in [6.07, 6.45) is 0. The van der Waals surface area contributed by atoms with E-state index in [4.69, 9.17) is 34.3 Å². The van der Waals surface area contributed by atoms with E-state index in [1.54, 1.807) is 7.11 Å². The number of thiocarbonyl (C=S) groups is 1. The highest BCUT2D eigenvalue weighted by Crippen LogP contribution is 2.20. The summed E-state index contributed by atoms with van der Waals surface area (Å²) in [4.78, 5) is 2.55. The molecule has 0 heterocycles. The maximum atomic E-state index is 6.23. The van der Waals surface area contributed by atoms with E-state index in [0.29, 0.717) is 22.7 Å². The van der Waals surface area contributed by atoms with E-state index in [1.807, 2.05) is 25.2 Å². The zero-order chi connectivity index (χ0) is 13.7. The molecule has 3 nitrogen and oxygen atoms in total. The van der Waals surface area contributed by atoms with Gasteiger partial charge in [-0.15, -0.1) is 0 Å². The van der Waals surface area contributed by atoms with Gasteiger partial charge in [-0.05, 0) is 25.6 Å². The molecule has 5 heteroatoms. The van der Waals surface area contributed by atoms with Gasteiger partial charge in [-0.1, -0.05) is 36.0 Å². The van der Waals surface area contributed by atoms with Crippen molar-refractivity contribution < 1.29 is 4.74 Å². The molecule has 0 bridgehead atoms. The monoisotopic (exact) mass is 286 g/mol. The largest absolute Gasteiger partial charge is 0.389 e. The first-order chi connectivity index (χ1) is 8.45. The van der Waals surface area contributed by atoms with E-state index in [2.05, 4.69) is 11.8 Å². The van der Waals surface area contributed by atoms with Gasteiger partial charge in [-0.25, -0.2) is 0 Å². The molecule has 0 radical (unpaired) electrons. The lowest BCUT2D eigenvalue weighted by Crippen LogP contribution is -2.32. The Kier molecular flexibility index (Phi) is 6.02. The Hall–Kier alpha value is -0.680. The van der Waals surface area contributed by atoms with Crippen LogP contribution in [-0.2, 0) is 11.3 Å². The molecular weight excluding hydrogens is 268 g/mol. The number of hydrogen-bond donors (Lipinski definition) is 1. The van der Waals surface area contributed by atoms with Gasteiger partial charge < -0.3 is 10.5 Å². The fourth-order valence-electron chi connectivity index (χ4n) is 1.62. The van der Waals surface area contributed by atoms with Crippen molar-refractivity contribution in [3.8, 4) is 0 Å². The van der Waals surface area contributed by atoms with Crippen LogP contribution in [0.2, 0.25) is 5.02 Å². The number of likely N-dealkylation sites (N-methyl/N-ethyl adjacent to an activating group) is 1. The molecule has 0 saturated heterocycles. The van der Waals surface area contributed by atoms with Crippen LogP contribution >= 0.6 is 23.8 Å². The molecule has 0 aromatic heterocycles. The quantitative estimate of drug-likeness (QED) is 0.815. The molecule has 1 unspecified atom stereocenters. The van der Waals surface area contributed by atoms with Gasteiger partial charge in [0.2, 0.25) is 0 Å². The Balaban J connectivity index is 2.76. The van der Waals surface area contributed by atoms with Gasteiger partial charge in [0.05, 0.1) is 6.61 Å². The van der Waals surface area contributed by atoms with Crippen LogP contribution in [0.3, 0.4) is 0 Å². The fraction of sp³-hybridized carbons (Fsp3) is 0.462. The second-order valence-corrected chi connectivity index (χ2v) is 5.24. The molecule has 2 N–H and O–H groups in total. The van der Waals surface area contributed by atoms with Crippen molar-refractivity contribution >= 4 is 28.8 Å². The van der Waals surface area contributed by atoms with E-state index >= 15 is 0 Å². The van der Waals surface area contributed by atoms with Gasteiger partial charge in [0.15, 0.2) is 0 Å². The average Bonchev–Trinajstić information content (AvgIpc) is 2.31. The number of ether oxygens (including phenoxy) is 1. The minimum absolute atomic E-state index is 0.335. The standard InChI is InChI=1S/C13H19ClN2OS/c1-9(8-17-3)16(2)7-11-5-4-10(13(15)18)6-12(11)14/h4-6,9H,7-8H2,1-3H3,(H2,15,18). The van der Waals surface area contributed by atoms with Gasteiger partial charge in [0.1, 0.15) is 4.99 Å². The maximum Gasteiger partial charge on any atom is 0.104 e. The smallest absolute Gasteiger partial charge is 0.104 e. The Labute approximate surface area is 119 Å². The lowest BCUT2D eigenvalue weighted by molar-refractivity contribution is 0.112. The second-order valence-electron chi connectivity index (χ2n) is 4.39. The predicted molar refractivity (Wildman–Crippen MR) is 80.1 cm³/mol. The Morgan fingerprint density at radius 1 is 1.56 bits per heavy atom. The van der Waals surface area contributed by atoms with Gasteiger partial charge in [-0.2, -0.15) is 0 Å². The summed E-state index contributed by atoms with van der Waals surface area (Å²) in [6, 6.07) is 6.01. The summed E-state index contributed by atoms with van der Waals surface area (Å²) in [6.45, 7) is 3.57. The fourth-order valence-corrected chi connectivity index (χ4v) is 1.99. The van der Waals surface area contributed by atoms with Crippen molar-refractivity contribution in [3.63, 3.8) is 0 Å². The van der Waals surface area contributed by atoms with Crippen LogP contribution in [0.1, 0.15) is 18.1 Å². The van der Waals surface area contributed by atoms with Crippen LogP contribution in [0.4, 0.5) is 0 Å². The molecule has 1 aromatic carbocycles. The molecule has 1 aromatic rings. The van der Waals surface area contributed by atoms with Crippen LogP contribution in [0, 0.1) is 0 Å². The highest BCUT2D eigenvalue weighted by molar-refractivity contribution is 7.80. The zero-order valence-corrected chi connectivity index (χ0v) is 12.5. The topological polar surface area (TPSA) is 38.5 Å². The summed E-state index contributed by atoms with van der Waals surface area (Å²) >= 11 is 11.1. The third kappa shape index (κ3) is 4.21. The first kappa shape index (κ1) is 15.4. The van der Waals surface area contributed by atoms with Crippen molar-refractivity contribution in [2.45, 2.75) is 19.5 Å². The molecule has 0 aliphatic heterocycles. The average molecular weight is 287 g/mol. The number of methoxy groups -OCH3 is 1. The summed E-state index contributed by atoms with van der Waals surface area (Å²) < 4.78 is 5.13. The molecular formula is C13H19ClN2OS. The molecule has 18 heavy (non-hydrogen) atoms. The van der Waals surface area contributed by atoms with E-state index in [1.165, 1.54) is 0 Å². The van der Waals surface area contributed by atoms with E-state index in [-0.39, 0.29) is 0 Å². The number of hydrogen-bond acceptors (Lipinski definition) is 3. The summed E-state index contributed by atoms with van der Waals surface area (Å²) in [5, 5.41) is 0.691. The number of benzene rings is 1. The number of nitrogens with two attached hydrogens (primary N) is 1. The van der Waals surface area contributed by atoms with Gasteiger partial charge in [0, 0.05) is 30.3 Å². The highest BCUT2D eigenvalue weighted by Gasteiger charge is 2.11. The third-order valence-electron chi connectivity index (χ3n) is 2.92. The Morgan fingerprint density at radius 2 is 2.22 bits per heavy atom. The lowest BCUT2D eigenvalue weighted by atomic mass is 10.1. The SMILES string of the molecule is COCC(C)N(C)Cc1ccc(C(N)=S)cc1Cl. The number of halogens is 1. The lowest BCUT2D eigenvalue weighted by Gasteiger charge is -2.24. The van der Waals surface area contributed by atoms with Crippen molar-refractivity contribution in [2.24, 2.45) is 5.73 Å². The van der Waals surface area contributed by atoms with E-state index in [0.717, 1.165) is 17.7 Å². The van der Waals surface area contributed by atoms with Gasteiger partial charge in [0.25, 0.3) is 0 Å². The van der Waals surface area contributed by atoms with Crippen LogP contribution in [0.15, 0.2) is 18.2 Å². The minimum Gasteiger partial charge on any atom is -0.389 e. The first-order valence-corrected chi connectivity index (χ1v) is 6.51. The zero-order valence-electron chi connectivity index (χ0n) is 10.9. The molecule has 1 rings (SSSR count). The maximum absolute atomic E-state index is 6.23. The minimum atomic E-state index is 0.335. The highest BCUT2D eigenvalue weighted by atomic mass is 35.5. The molecule has 0 spiro atoms. The predicted octanol–water partition coefficient (Wildman–Crippen LogP) is 2.44. The van der Waals surface area contributed by atoms with Gasteiger partial charge >= 0.3 is 0 Å². The van der Waals surface area contributed by atoms with Gasteiger partial charge in [-0.3, -0.25) is 4.90 Å². The van der Waals surface area contributed by atoms with Crippen molar-refractivity contribution in [1.29, 1.82) is 0 Å². The number of nitrogens with zero attached hydrogens (tertiary/aromatic N) is 1. The van der Waals surface area contributed by atoms with Crippen LogP contribution < -0.4 is 5.73 Å². The second kappa shape index (κ2) is 7.04. The molecule has 100 valence electrons. The van der Waals surface area contributed by atoms with Crippen molar-refractivity contribution in [1.82, 2.24) is 4.90 Å². The molecule has 0 aliphatic carbocycles. The number of rotatable bonds is 6. The normalized spacial score (nSPS) is 12.7. The van der Waals surface area contributed by atoms with Crippen LogP contribution in [0.25, 0.3) is 0 Å². The third-order valence-corrected chi connectivity index (χ3v) is 3.51.